The van der Waals surface area contributed by atoms with E-state index in [-0.39, 0.29) is 12.8 Å². The normalized spacial score (nSPS) is 39.7. The predicted octanol–water partition coefficient (Wildman–Crippen LogP) is 1.73. The molecule has 2 aliphatic carbocycles. The first-order valence-electron chi connectivity index (χ1n) is 9.76. The molecule has 3 fully saturated rings. The van der Waals surface area contributed by atoms with E-state index in [2.05, 4.69) is 4.98 Å². The molecule has 28 heavy (non-hydrogen) atoms. The first kappa shape index (κ1) is 20.0. The van der Waals surface area contributed by atoms with E-state index in [0.717, 1.165) is 0 Å². The van der Waals surface area contributed by atoms with Crippen molar-refractivity contribution in [2.24, 2.45) is 5.41 Å². The van der Waals surface area contributed by atoms with Crippen molar-refractivity contribution in [2.75, 3.05) is 0 Å². The molecule has 0 unspecified atom stereocenters. The van der Waals surface area contributed by atoms with Crippen LogP contribution in [-0.2, 0) is 4.74 Å². The van der Waals surface area contributed by atoms with Crippen molar-refractivity contribution >= 4 is 8.32 Å². The average Bonchev–Trinajstić information content (AvgIpc) is 2.83. The molecule has 4 rings (SSSR count). The first-order valence-corrected chi connectivity index (χ1v) is 12.7. The highest BCUT2D eigenvalue weighted by atomic mass is 28.4. The zero-order valence-electron chi connectivity index (χ0n) is 17.0. The predicted molar refractivity (Wildman–Crippen MR) is 103 cm³/mol. The SMILES string of the molecule is Cc1cn([C@H]2C[C@@]3(O)C[C@]4(F)C[C@]4(CC(C)(C)[Si](C)(C)O)[C@H]3O2)c(=O)[nH]c1=O. The van der Waals surface area contributed by atoms with Gasteiger partial charge in [0.2, 0.25) is 0 Å². The first-order chi connectivity index (χ1) is 12.6. The van der Waals surface area contributed by atoms with Crippen molar-refractivity contribution in [3.8, 4) is 0 Å². The van der Waals surface area contributed by atoms with Crippen LogP contribution >= 0.6 is 0 Å². The highest BCUT2D eigenvalue weighted by Crippen LogP contribution is 2.79. The number of aliphatic hydroxyl groups is 1. The molecule has 2 heterocycles. The molecule has 0 bridgehead atoms. The summed E-state index contributed by atoms with van der Waals surface area (Å²) < 4.78 is 22.9. The number of hydrogen-bond acceptors (Lipinski definition) is 5. The van der Waals surface area contributed by atoms with Crippen molar-refractivity contribution in [2.45, 2.75) is 88.2 Å². The minimum absolute atomic E-state index is 0.0260. The second kappa shape index (κ2) is 5.44. The van der Waals surface area contributed by atoms with Crippen LogP contribution in [-0.4, -0.2) is 45.1 Å². The van der Waals surface area contributed by atoms with Crippen LogP contribution in [0.1, 0.15) is 51.3 Å². The number of ether oxygens (including phenoxy) is 1. The van der Waals surface area contributed by atoms with Gasteiger partial charge in [0.25, 0.3) is 5.56 Å². The maximum Gasteiger partial charge on any atom is 0.330 e. The molecule has 156 valence electrons. The average molecular weight is 413 g/mol. The summed E-state index contributed by atoms with van der Waals surface area (Å²) in [6.07, 6.45) is 0.705. The van der Waals surface area contributed by atoms with Gasteiger partial charge >= 0.3 is 5.69 Å². The maximum absolute atomic E-state index is 15.5. The molecule has 9 heteroatoms. The van der Waals surface area contributed by atoms with Crippen LogP contribution in [0, 0.1) is 12.3 Å². The Hall–Kier alpha value is -1.29. The Morgan fingerprint density at radius 2 is 2.04 bits per heavy atom. The molecule has 5 atom stereocenters. The lowest BCUT2D eigenvalue weighted by atomic mass is 9.84. The third kappa shape index (κ3) is 2.56. The van der Waals surface area contributed by atoms with E-state index in [1.165, 1.54) is 10.8 Å². The van der Waals surface area contributed by atoms with Crippen molar-refractivity contribution in [1.82, 2.24) is 9.55 Å². The van der Waals surface area contributed by atoms with Gasteiger partial charge in [-0.3, -0.25) is 14.3 Å². The number of hydrogen-bond donors (Lipinski definition) is 3. The Morgan fingerprint density at radius 1 is 1.39 bits per heavy atom. The standard InChI is InChI=1S/C19H29FN2O5Si/c1-11-7-22(15(24)21-13(11)23)12-6-18(25)10-19(20)9-17(19,14(18)27-12)8-16(2,3)28(4,5)26/h7,12,14,25-26H,6,8-10H2,1-5H3,(H,21,23,24)/t12-,14-,17-,18-,19-/m1/s1. The molecule has 0 aromatic carbocycles. The third-order valence-corrected chi connectivity index (χ3v) is 11.1. The maximum atomic E-state index is 15.5. The zero-order valence-corrected chi connectivity index (χ0v) is 18.0. The number of aryl methyl sites for hydroxylation is 1. The van der Waals surface area contributed by atoms with Crippen molar-refractivity contribution in [1.29, 1.82) is 0 Å². The molecule has 2 saturated carbocycles. The molecule has 1 aromatic heterocycles. The van der Waals surface area contributed by atoms with Gasteiger partial charge in [0.05, 0.1) is 11.7 Å². The van der Waals surface area contributed by atoms with Crippen LogP contribution in [0.2, 0.25) is 18.1 Å². The second-order valence-electron chi connectivity index (χ2n) is 10.4. The fraction of sp³-hybridized carbons (Fsp3) is 0.789. The molecular weight excluding hydrogens is 383 g/mol. The summed E-state index contributed by atoms with van der Waals surface area (Å²) in [6, 6.07) is 0. The van der Waals surface area contributed by atoms with Crippen molar-refractivity contribution < 1.29 is 19.0 Å². The lowest BCUT2D eigenvalue weighted by molar-refractivity contribution is -0.0822. The number of fused-ring (bicyclic) bond motifs is 3. The summed E-state index contributed by atoms with van der Waals surface area (Å²) in [7, 11) is -2.58. The minimum atomic E-state index is -2.58. The highest BCUT2D eigenvalue weighted by Gasteiger charge is 2.85. The number of aromatic nitrogens is 2. The minimum Gasteiger partial charge on any atom is -0.432 e. The number of halogens is 1. The van der Waals surface area contributed by atoms with Gasteiger partial charge in [-0.2, -0.15) is 0 Å². The van der Waals surface area contributed by atoms with Crippen molar-refractivity contribution in [3.05, 3.63) is 32.6 Å². The molecule has 0 spiro atoms. The van der Waals surface area contributed by atoms with Crippen LogP contribution < -0.4 is 11.2 Å². The number of H-pyrrole nitrogens is 1. The number of nitrogens with zero attached hydrogens (tertiary/aromatic N) is 1. The van der Waals surface area contributed by atoms with Gasteiger partial charge < -0.3 is 14.6 Å². The van der Waals surface area contributed by atoms with Gasteiger partial charge in [-0.15, -0.1) is 0 Å². The lowest BCUT2D eigenvalue weighted by Crippen LogP contribution is -2.45. The Balaban J connectivity index is 1.68. The molecule has 3 aliphatic rings. The molecule has 0 amide bonds. The second-order valence-corrected chi connectivity index (χ2v) is 14.8. The quantitative estimate of drug-likeness (QED) is 0.654. The largest absolute Gasteiger partial charge is 0.432 e. The fourth-order valence-corrected chi connectivity index (χ4v) is 6.09. The van der Waals surface area contributed by atoms with E-state index < -0.39 is 53.6 Å². The number of rotatable bonds is 4. The summed E-state index contributed by atoms with van der Waals surface area (Å²) in [5, 5.41) is 10.7. The Labute approximate surface area is 163 Å². The van der Waals surface area contributed by atoms with E-state index in [1.807, 2.05) is 26.9 Å². The molecular formula is C19H29FN2O5Si. The van der Waals surface area contributed by atoms with Crippen LogP contribution in [0.5, 0.6) is 0 Å². The Bertz CT molecular complexity index is 953. The van der Waals surface area contributed by atoms with E-state index in [0.29, 0.717) is 18.4 Å². The van der Waals surface area contributed by atoms with Gasteiger partial charge in [-0.05, 0) is 37.9 Å². The van der Waals surface area contributed by atoms with Gasteiger partial charge in [-0.25, -0.2) is 9.18 Å². The number of nitrogens with one attached hydrogen (secondary N) is 1. The van der Waals surface area contributed by atoms with E-state index in [9.17, 15) is 19.5 Å². The molecule has 7 nitrogen and oxygen atoms in total. The smallest absolute Gasteiger partial charge is 0.330 e. The lowest BCUT2D eigenvalue weighted by Gasteiger charge is -2.40. The molecule has 1 aliphatic heterocycles. The van der Waals surface area contributed by atoms with Gasteiger partial charge in [0.15, 0.2) is 8.32 Å². The number of aromatic amines is 1. The fourth-order valence-electron chi connectivity index (χ4n) is 5.34. The summed E-state index contributed by atoms with van der Waals surface area (Å²) in [6.45, 7) is 9.17. The van der Waals surface area contributed by atoms with Crippen LogP contribution in [0.3, 0.4) is 0 Å². The summed E-state index contributed by atoms with van der Waals surface area (Å²) >= 11 is 0. The van der Waals surface area contributed by atoms with Gasteiger partial charge in [0.1, 0.15) is 11.9 Å². The summed E-state index contributed by atoms with van der Waals surface area (Å²) in [4.78, 5) is 36.8. The van der Waals surface area contributed by atoms with E-state index in [1.54, 1.807) is 6.92 Å². The molecule has 1 saturated heterocycles. The van der Waals surface area contributed by atoms with Gasteiger partial charge in [0, 0.05) is 30.0 Å². The Morgan fingerprint density at radius 3 is 2.64 bits per heavy atom. The van der Waals surface area contributed by atoms with E-state index in [4.69, 9.17) is 4.74 Å². The summed E-state index contributed by atoms with van der Waals surface area (Å²) in [5.74, 6) is 0. The van der Waals surface area contributed by atoms with E-state index >= 15 is 4.39 Å². The van der Waals surface area contributed by atoms with Gasteiger partial charge in [-0.1, -0.05) is 13.8 Å². The summed E-state index contributed by atoms with van der Waals surface area (Å²) in [5.41, 5.74) is -4.42. The topological polar surface area (TPSA) is 105 Å². The molecule has 0 radical (unpaired) electrons. The number of alkyl halides is 1. The Kier molecular flexibility index (Phi) is 3.89. The molecule has 3 N–H and O–H groups in total. The third-order valence-electron chi connectivity index (χ3n) is 7.63. The van der Waals surface area contributed by atoms with Crippen LogP contribution in [0.25, 0.3) is 0 Å². The highest BCUT2D eigenvalue weighted by molar-refractivity contribution is 6.72. The van der Waals surface area contributed by atoms with Crippen molar-refractivity contribution in [3.63, 3.8) is 0 Å². The van der Waals surface area contributed by atoms with Crippen LogP contribution in [0.4, 0.5) is 4.39 Å². The van der Waals surface area contributed by atoms with Crippen LogP contribution in [0.15, 0.2) is 15.8 Å². The monoisotopic (exact) mass is 412 g/mol. The zero-order chi connectivity index (χ0) is 20.9. The molecule has 1 aromatic rings.